The predicted octanol–water partition coefficient (Wildman–Crippen LogP) is 1.28. The van der Waals surface area contributed by atoms with Crippen molar-refractivity contribution in [2.75, 3.05) is 0 Å². The van der Waals surface area contributed by atoms with E-state index in [1.165, 1.54) is 33.4 Å². The van der Waals surface area contributed by atoms with Gasteiger partial charge in [0, 0.05) is 0 Å². The summed E-state index contributed by atoms with van der Waals surface area (Å²) in [4.78, 5) is 0. The molecule has 0 aliphatic heterocycles. The van der Waals surface area contributed by atoms with Crippen LogP contribution >= 0.6 is 0 Å². The van der Waals surface area contributed by atoms with Gasteiger partial charge in [0.2, 0.25) is 0 Å². The van der Waals surface area contributed by atoms with Crippen LogP contribution in [0.15, 0.2) is 97.1 Å². The Labute approximate surface area is 206 Å². The van der Waals surface area contributed by atoms with Crippen molar-refractivity contribution in [1.29, 1.82) is 0 Å². The van der Waals surface area contributed by atoms with E-state index in [9.17, 15) is 0 Å². The van der Waals surface area contributed by atoms with Gasteiger partial charge >= 0.3 is 25.8 Å². The van der Waals surface area contributed by atoms with E-state index in [-0.39, 0.29) is 50.7 Å². The first kappa shape index (κ1) is 27.6. The average molecular weight is 588 g/mol. The molecule has 29 heavy (non-hydrogen) atoms. The first-order valence-corrected chi connectivity index (χ1v) is 9.42. The molecule has 0 saturated carbocycles. The third-order valence-corrected chi connectivity index (χ3v) is 4.66. The number of rotatable bonds is 4. The number of hydrogen-bond donors (Lipinski definition) is 0. The Bertz CT molecular complexity index is 832. The third-order valence-electron chi connectivity index (χ3n) is 4.66. The third kappa shape index (κ3) is 8.09. The van der Waals surface area contributed by atoms with Crippen LogP contribution in [0.2, 0.25) is 0 Å². The van der Waals surface area contributed by atoms with E-state index in [1.807, 2.05) is 0 Å². The molecule has 0 N–H and O–H groups in total. The average Bonchev–Trinajstić information content (AvgIpc) is 3.42. The Hall–Kier alpha value is -1.41. The second-order valence-corrected chi connectivity index (χ2v) is 6.46. The second-order valence-electron chi connectivity index (χ2n) is 6.46. The van der Waals surface area contributed by atoms with Gasteiger partial charge in [-0.3, -0.25) is 0 Å². The monoisotopic (exact) mass is 588 g/mol. The molecule has 4 aromatic rings. The Balaban J connectivity index is 0.000000490. The minimum Gasteiger partial charge on any atom is -1.00 e. The summed E-state index contributed by atoms with van der Waals surface area (Å²) in [5.74, 6) is 0. The Kier molecular flexibility index (Phi) is 13.8. The molecule has 4 aromatic carbocycles. The van der Waals surface area contributed by atoms with Gasteiger partial charge in [0.25, 0.3) is 0 Å². The minimum atomic E-state index is 0. The Morgan fingerprint density at radius 1 is 0.552 bits per heavy atom. The molecule has 0 aromatic heterocycles. The molecule has 0 fully saturated rings. The molecular weight excluding hydrogens is 562 g/mol. The number of halogens is 2. The van der Waals surface area contributed by atoms with Gasteiger partial charge in [-0.15, -0.1) is 59.7 Å². The van der Waals surface area contributed by atoms with Crippen LogP contribution in [0.5, 0.6) is 0 Å². The van der Waals surface area contributed by atoms with Crippen LogP contribution in [0, 0.1) is 0 Å². The smallest absolute Gasteiger partial charge is 1.00 e. The maximum Gasteiger partial charge on any atom is 4.00 e. The van der Waals surface area contributed by atoms with Gasteiger partial charge in [-0.25, -0.2) is 0 Å². The standard InChI is InChI=1S/2C13H13.2ClH.Hf/c2*1-2-11-6-5-9-13(10-11)12-7-3-4-8-12;;;/h2*3-10H,2H2,1H3;2*1H;/q2*-1;;;+4/p-2. The largest absolute Gasteiger partial charge is 4.00 e. The first-order chi connectivity index (χ1) is 12.8. The van der Waals surface area contributed by atoms with E-state index in [4.69, 9.17) is 0 Å². The topological polar surface area (TPSA) is 0 Å². The van der Waals surface area contributed by atoms with Crippen LogP contribution in [0.4, 0.5) is 0 Å². The fourth-order valence-corrected chi connectivity index (χ4v) is 3.07. The normalized spacial score (nSPS) is 9.17. The van der Waals surface area contributed by atoms with Crippen LogP contribution in [0.25, 0.3) is 22.3 Å². The maximum atomic E-state index is 2.26. The molecule has 0 saturated heterocycles. The molecule has 0 spiro atoms. The van der Waals surface area contributed by atoms with E-state index in [0.717, 1.165) is 12.8 Å². The van der Waals surface area contributed by atoms with Crippen LogP contribution in [0.3, 0.4) is 0 Å². The van der Waals surface area contributed by atoms with E-state index in [0.29, 0.717) is 0 Å². The summed E-state index contributed by atoms with van der Waals surface area (Å²) in [6.07, 6.45) is 2.21. The second kappa shape index (κ2) is 14.6. The van der Waals surface area contributed by atoms with Crippen molar-refractivity contribution in [3.8, 4) is 22.3 Å². The molecule has 4 rings (SSSR count). The summed E-state index contributed by atoms with van der Waals surface area (Å²) < 4.78 is 0. The minimum absolute atomic E-state index is 0. The summed E-state index contributed by atoms with van der Waals surface area (Å²) in [5, 5.41) is 0. The summed E-state index contributed by atoms with van der Waals surface area (Å²) in [5.41, 5.74) is 8.08. The van der Waals surface area contributed by atoms with Crippen molar-refractivity contribution in [2.45, 2.75) is 26.7 Å². The fourth-order valence-electron chi connectivity index (χ4n) is 3.07. The Morgan fingerprint density at radius 2 is 0.897 bits per heavy atom. The number of hydrogen-bond acceptors (Lipinski definition) is 0. The van der Waals surface area contributed by atoms with Crippen molar-refractivity contribution in [2.24, 2.45) is 0 Å². The van der Waals surface area contributed by atoms with Crippen molar-refractivity contribution >= 4 is 0 Å². The van der Waals surface area contributed by atoms with Gasteiger partial charge < -0.3 is 24.8 Å². The zero-order valence-electron chi connectivity index (χ0n) is 16.9. The summed E-state index contributed by atoms with van der Waals surface area (Å²) >= 11 is 0. The van der Waals surface area contributed by atoms with Crippen molar-refractivity contribution in [3.05, 3.63) is 108 Å². The fraction of sp³-hybridized carbons (Fsp3) is 0.154. The van der Waals surface area contributed by atoms with E-state index in [2.05, 4.69) is 111 Å². The number of benzene rings is 2. The molecule has 148 valence electrons. The molecule has 0 nitrogen and oxygen atoms in total. The van der Waals surface area contributed by atoms with Crippen LogP contribution < -0.4 is 24.8 Å². The molecule has 3 heteroatoms. The molecule has 0 heterocycles. The van der Waals surface area contributed by atoms with Gasteiger partial charge in [-0.2, -0.15) is 24.3 Å². The van der Waals surface area contributed by atoms with Gasteiger partial charge in [-0.1, -0.05) is 60.4 Å². The zero-order valence-corrected chi connectivity index (χ0v) is 22.0. The molecule has 0 amide bonds. The molecule has 0 unspecified atom stereocenters. The Morgan fingerprint density at radius 3 is 1.21 bits per heavy atom. The summed E-state index contributed by atoms with van der Waals surface area (Å²) in [6, 6.07) is 34.3. The van der Waals surface area contributed by atoms with Crippen LogP contribution in [0.1, 0.15) is 25.0 Å². The summed E-state index contributed by atoms with van der Waals surface area (Å²) in [6.45, 7) is 4.37. The van der Waals surface area contributed by atoms with Crippen molar-refractivity contribution < 1.29 is 50.7 Å². The molecule has 0 aliphatic carbocycles. The van der Waals surface area contributed by atoms with Crippen molar-refractivity contribution in [3.63, 3.8) is 0 Å². The maximum absolute atomic E-state index is 2.26. The van der Waals surface area contributed by atoms with Gasteiger partial charge in [0.05, 0.1) is 0 Å². The van der Waals surface area contributed by atoms with E-state index >= 15 is 0 Å². The van der Waals surface area contributed by atoms with Gasteiger partial charge in [0.15, 0.2) is 0 Å². The van der Waals surface area contributed by atoms with E-state index in [1.54, 1.807) is 0 Å². The summed E-state index contributed by atoms with van der Waals surface area (Å²) in [7, 11) is 0. The van der Waals surface area contributed by atoms with E-state index < -0.39 is 0 Å². The van der Waals surface area contributed by atoms with Crippen molar-refractivity contribution in [1.82, 2.24) is 0 Å². The zero-order chi connectivity index (χ0) is 18.2. The molecular formula is C26H26Cl2Hf. The van der Waals surface area contributed by atoms with Gasteiger partial charge in [0.1, 0.15) is 0 Å². The van der Waals surface area contributed by atoms with Crippen LogP contribution in [-0.4, -0.2) is 0 Å². The molecule has 0 aliphatic rings. The first-order valence-electron chi connectivity index (χ1n) is 9.42. The quantitative estimate of drug-likeness (QED) is 0.249. The van der Waals surface area contributed by atoms with Crippen LogP contribution in [-0.2, 0) is 38.7 Å². The number of aryl methyl sites for hydroxylation is 2. The predicted molar refractivity (Wildman–Crippen MR) is 114 cm³/mol. The molecule has 0 bridgehead atoms. The molecule has 0 atom stereocenters. The molecule has 0 radical (unpaired) electrons. The SMILES string of the molecule is CCc1cccc(-[c-]2cccc2)c1.CCc1cccc(-[c-]2cccc2)c1.[Cl-].[Cl-].[Hf+4]. The van der Waals surface area contributed by atoms with Gasteiger partial charge in [-0.05, 0) is 12.8 Å².